The lowest BCUT2D eigenvalue weighted by atomic mass is 9.84. The summed E-state index contributed by atoms with van der Waals surface area (Å²) in [6.07, 6.45) is 8.23. The molecule has 1 N–H and O–H groups in total. The first-order chi connectivity index (χ1) is 13.5. The molecule has 6 heteroatoms. The number of aromatic nitrogens is 1. The summed E-state index contributed by atoms with van der Waals surface area (Å²) >= 11 is 0. The van der Waals surface area contributed by atoms with Gasteiger partial charge in [0.05, 0.1) is 21.6 Å². The maximum absolute atomic E-state index is 13.3. The molecule has 1 aliphatic heterocycles. The van der Waals surface area contributed by atoms with Crippen molar-refractivity contribution in [3.05, 3.63) is 52.8 Å². The Bertz CT molecular complexity index is 938. The molecule has 1 aromatic carbocycles. The normalized spacial score (nSPS) is 20.7. The largest absolute Gasteiger partial charge is 0.481 e. The Morgan fingerprint density at radius 1 is 1.07 bits per heavy atom. The first-order valence-electron chi connectivity index (χ1n) is 9.91. The minimum atomic E-state index is -1.36. The fourth-order valence-electron chi connectivity index (χ4n) is 4.66. The lowest BCUT2D eigenvalue weighted by molar-refractivity contribution is -0.138. The molecule has 1 aromatic heterocycles. The number of ketones is 1. The van der Waals surface area contributed by atoms with E-state index < -0.39 is 22.7 Å². The van der Waals surface area contributed by atoms with Crippen LogP contribution in [0, 0.1) is 0 Å². The van der Waals surface area contributed by atoms with Gasteiger partial charge in [-0.2, -0.15) is 0 Å². The van der Waals surface area contributed by atoms with Crippen LogP contribution in [0.4, 0.5) is 0 Å². The van der Waals surface area contributed by atoms with E-state index in [-0.39, 0.29) is 5.78 Å². The molecule has 5 nitrogen and oxygen atoms in total. The summed E-state index contributed by atoms with van der Waals surface area (Å²) in [5.74, 6) is -1.15. The summed E-state index contributed by atoms with van der Waals surface area (Å²) in [4.78, 5) is 25.2. The summed E-state index contributed by atoms with van der Waals surface area (Å²) in [5, 5.41) is 9.43. The summed E-state index contributed by atoms with van der Waals surface area (Å²) in [7, 11) is -1.36. The number of carbonyl (C=O) groups excluding carboxylic acids is 1. The number of aliphatic carboxylic acids is 1. The van der Waals surface area contributed by atoms with Crippen LogP contribution in [-0.4, -0.2) is 31.9 Å². The Hall–Kier alpha value is -2.21. The molecule has 28 heavy (non-hydrogen) atoms. The van der Waals surface area contributed by atoms with E-state index in [0.29, 0.717) is 40.7 Å². The van der Waals surface area contributed by atoms with Crippen molar-refractivity contribution in [1.82, 2.24) is 4.57 Å². The number of rotatable bonds is 5. The van der Waals surface area contributed by atoms with Gasteiger partial charge in [-0.3, -0.25) is 13.8 Å². The summed E-state index contributed by atoms with van der Waals surface area (Å²) in [5.41, 5.74) is 2.80. The Labute approximate surface area is 167 Å². The third kappa shape index (κ3) is 3.34. The van der Waals surface area contributed by atoms with Crippen molar-refractivity contribution >= 4 is 22.6 Å². The summed E-state index contributed by atoms with van der Waals surface area (Å²) in [6, 6.07) is 9.45. The number of carboxylic acids is 1. The number of carboxylic acid groups (broad SMARTS) is 1. The number of benzene rings is 1. The predicted molar refractivity (Wildman–Crippen MR) is 107 cm³/mol. The standard InChI is InChI=1S/C22H25NO4S/c1-28(27)19-13-18-17(22(25)26)11-12-23(18)20(19)21(24)16-9-7-15(8-10-16)14-5-3-2-4-6-14/h7-10,13-14,17H,2-6,11-12H2,1H3,(H,25,26). The van der Waals surface area contributed by atoms with Crippen molar-refractivity contribution in [3.63, 3.8) is 0 Å². The minimum Gasteiger partial charge on any atom is -0.481 e. The molecule has 1 aliphatic carbocycles. The first-order valence-corrected chi connectivity index (χ1v) is 11.5. The van der Waals surface area contributed by atoms with Crippen LogP contribution in [0.1, 0.15) is 77.7 Å². The molecule has 4 rings (SSSR count). The van der Waals surface area contributed by atoms with E-state index in [0.717, 1.165) is 0 Å². The van der Waals surface area contributed by atoms with Crippen LogP contribution in [0.3, 0.4) is 0 Å². The van der Waals surface area contributed by atoms with E-state index >= 15 is 0 Å². The van der Waals surface area contributed by atoms with Crippen LogP contribution in [0.2, 0.25) is 0 Å². The molecule has 2 atom stereocenters. The predicted octanol–water partition coefficient (Wildman–Crippen LogP) is 4.08. The monoisotopic (exact) mass is 399 g/mol. The fourth-order valence-corrected chi connectivity index (χ4v) is 5.42. The Kier molecular flexibility index (Phi) is 5.23. The SMILES string of the molecule is CS(=O)c1cc2n(c1C(=O)c1ccc(C3CCCCC3)cc1)CCC2C(=O)O. The minimum absolute atomic E-state index is 0.183. The molecule has 1 saturated carbocycles. The zero-order valence-electron chi connectivity index (χ0n) is 16.0. The van der Waals surface area contributed by atoms with Crippen LogP contribution in [0.25, 0.3) is 0 Å². The van der Waals surface area contributed by atoms with Gasteiger partial charge >= 0.3 is 5.97 Å². The summed E-state index contributed by atoms with van der Waals surface area (Å²) < 4.78 is 14.0. The maximum Gasteiger partial charge on any atom is 0.312 e. The summed E-state index contributed by atoms with van der Waals surface area (Å²) in [6.45, 7) is 0.463. The number of carbonyl (C=O) groups is 2. The third-order valence-corrected chi connectivity index (χ3v) is 7.10. The topological polar surface area (TPSA) is 76.4 Å². The molecule has 2 unspecified atom stereocenters. The van der Waals surface area contributed by atoms with Crippen molar-refractivity contribution in [2.75, 3.05) is 6.26 Å². The van der Waals surface area contributed by atoms with Gasteiger partial charge in [-0.1, -0.05) is 43.5 Å². The molecular formula is C22H25NO4S. The number of hydrogen-bond acceptors (Lipinski definition) is 3. The molecule has 2 heterocycles. The van der Waals surface area contributed by atoms with Gasteiger partial charge in [0.1, 0.15) is 5.69 Å². The van der Waals surface area contributed by atoms with Crippen molar-refractivity contribution in [2.45, 2.75) is 61.8 Å². The Balaban J connectivity index is 1.67. The van der Waals surface area contributed by atoms with Gasteiger partial charge in [-0.05, 0) is 36.8 Å². The number of fused-ring (bicyclic) bond motifs is 1. The van der Waals surface area contributed by atoms with Crippen LogP contribution in [0.15, 0.2) is 35.2 Å². The second kappa shape index (κ2) is 7.66. The van der Waals surface area contributed by atoms with E-state index in [1.165, 1.54) is 43.9 Å². The second-order valence-corrected chi connectivity index (χ2v) is 9.20. The van der Waals surface area contributed by atoms with Crippen molar-refractivity contribution in [1.29, 1.82) is 0 Å². The van der Waals surface area contributed by atoms with Crippen LogP contribution in [0.5, 0.6) is 0 Å². The van der Waals surface area contributed by atoms with E-state index in [1.54, 1.807) is 10.6 Å². The van der Waals surface area contributed by atoms with E-state index in [1.807, 2.05) is 24.3 Å². The Morgan fingerprint density at radius 3 is 2.36 bits per heavy atom. The van der Waals surface area contributed by atoms with Gasteiger partial charge in [0, 0.05) is 24.1 Å². The van der Waals surface area contributed by atoms with Gasteiger partial charge in [0.25, 0.3) is 0 Å². The Morgan fingerprint density at radius 2 is 1.75 bits per heavy atom. The quantitative estimate of drug-likeness (QED) is 0.769. The van der Waals surface area contributed by atoms with E-state index in [2.05, 4.69) is 0 Å². The van der Waals surface area contributed by atoms with Crippen LogP contribution in [-0.2, 0) is 22.1 Å². The molecule has 2 aromatic rings. The molecule has 0 bridgehead atoms. The van der Waals surface area contributed by atoms with E-state index in [4.69, 9.17) is 0 Å². The van der Waals surface area contributed by atoms with Crippen molar-refractivity contribution in [2.24, 2.45) is 0 Å². The average molecular weight is 400 g/mol. The zero-order valence-corrected chi connectivity index (χ0v) is 16.8. The van der Waals surface area contributed by atoms with Gasteiger partial charge < -0.3 is 9.67 Å². The molecule has 1 fully saturated rings. The highest BCUT2D eigenvalue weighted by Crippen LogP contribution is 2.36. The smallest absolute Gasteiger partial charge is 0.312 e. The second-order valence-electron chi connectivity index (χ2n) is 7.85. The third-order valence-electron chi connectivity index (χ3n) is 6.16. The highest BCUT2D eigenvalue weighted by molar-refractivity contribution is 7.84. The highest BCUT2D eigenvalue weighted by atomic mass is 32.2. The van der Waals surface area contributed by atoms with Crippen molar-refractivity contribution in [3.8, 4) is 0 Å². The zero-order chi connectivity index (χ0) is 19.8. The maximum atomic E-state index is 13.3. The molecule has 0 saturated heterocycles. The first kappa shape index (κ1) is 19.1. The van der Waals surface area contributed by atoms with Gasteiger partial charge in [-0.15, -0.1) is 0 Å². The van der Waals surface area contributed by atoms with E-state index in [9.17, 15) is 18.9 Å². The van der Waals surface area contributed by atoms with Gasteiger partial charge in [0.15, 0.2) is 0 Å². The average Bonchev–Trinajstić information content (AvgIpc) is 3.27. The highest BCUT2D eigenvalue weighted by Gasteiger charge is 2.35. The van der Waals surface area contributed by atoms with Crippen LogP contribution < -0.4 is 0 Å². The fraction of sp³-hybridized carbons (Fsp3) is 0.455. The molecule has 0 amide bonds. The van der Waals surface area contributed by atoms with Crippen LogP contribution >= 0.6 is 0 Å². The molecule has 0 spiro atoms. The molecular weight excluding hydrogens is 374 g/mol. The molecule has 2 aliphatic rings. The lowest BCUT2D eigenvalue weighted by Gasteiger charge is -2.22. The number of nitrogens with zero attached hydrogens (tertiary/aromatic N) is 1. The van der Waals surface area contributed by atoms with Gasteiger partial charge in [0.2, 0.25) is 5.78 Å². The van der Waals surface area contributed by atoms with Crippen molar-refractivity contribution < 1.29 is 18.9 Å². The lowest BCUT2D eigenvalue weighted by Crippen LogP contribution is -2.12. The molecule has 0 radical (unpaired) electrons. The number of hydrogen-bond donors (Lipinski definition) is 1. The van der Waals surface area contributed by atoms with Gasteiger partial charge in [-0.25, -0.2) is 0 Å². The molecule has 148 valence electrons.